The smallest absolute Gasteiger partial charge is 0.225 e. The highest BCUT2D eigenvalue weighted by molar-refractivity contribution is 6.35. The molecule has 1 heterocycles. The van der Waals surface area contributed by atoms with Crippen LogP contribution in [0.3, 0.4) is 0 Å². The molecule has 2 atom stereocenters. The van der Waals surface area contributed by atoms with E-state index in [4.69, 9.17) is 23.2 Å². The first-order valence-corrected chi connectivity index (χ1v) is 8.14. The molecule has 3 nitrogen and oxygen atoms in total. The third-order valence-corrected chi connectivity index (χ3v) is 4.64. The van der Waals surface area contributed by atoms with E-state index in [1.54, 1.807) is 6.07 Å². The molecule has 1 N–H and O–H groups in total. The van der Waals surface area contributed by atoms with Gasteiger partial charge in [-0.25, -0.2) is 0 Å². The van der Waals surface area contributed by atoms with E-state index in [9.17, 15) is 4.79 Å². The molecule has 1 aromatic rings. The van der Waals surface area contributed by atoms with Crippen LogP contribution in [0, 0.1) is 11.8 Å². The normalized spacial score (nSPS) is 19.8. The summed E-state index contributed by atoms with van der Waals surface area (Å²) in [5.74, 6) is 0.738. The summed E-state index contributed by atoms with van der Waals surface area (Å²) in [6.45, 7) is 4.67. The van der Waals surface area contributed by atoms with Crippen molar-refractivity contribution in [1.29, 1.82) is 0 Å². The van der Waals surface area contributed by atoms with Crippen molar-refractivity contribution < 1.29 is 4.79 Å². The fourth-order valence-electron chi connectivity index (χ4n) is 2.90. The highest BCUT2D eigenvalue weighted by Crippen LogP contribution is 2.25. The second-order valence-electron chi connectivity index (χ2n) is 5.84. The van der Waals surface area contributed by atoms with E-state index in [1.807, 2.05) is 31.0 Å². The summed E-state index contributed by atoms with van der Waals surface area (Å²) in [7, 11) is 1.95. The molecule has 0 aliphatic carbocycles. The quantitative estimate of drug-likeness (QED) is 0.899. The van der Waals surface area contributed by atoms with Crippen LogP contribution in [-0.2, 0) is 11.2 Å². The molecule has 0 radical (unpaired) electrons. The van der Waals surface area contributed by atoms with Gasteiger partial charge in [0.2, 0.25) is 5.91 Å². The Morgan fingerprint density at radius 1 is 1.48 bits per heavy atom. The van der Waals surface area contributed by atoms with Gasteiger partial charge in [0.25, 0.3) is 0 Å². The molecule has 0 aromatic heterocycles. The minimum atomic E-state index is -0.0583. The fraction of sp³-hybridized carbons (Fsp3) is 0.562. The summed E-state index contributed by atoms with van der Waals surface area (Å²) in [5.41, 5.74) is 0.980. The SMILES string of the molecule is CNCC1CCN(C(=O)C(C)Cc2ccc(Cl)cc2Cl)C1. The van der Waals surface area contributed by atoms with Crippen molar-refractivity contribution in [3.8, 4) is 0 Å². The predicted octanol–water partition coefficient (Wildman–Crippen LogP) is 3.24. The number of halogens is 2. The fourth-order valence-corrected chi connectivity index (χ4v) is 3.39. The monoisotopic (exact) mass is 328 g/mol. The number of hydrogen-bond donors (Lipinski definition) is 1. The van der Waals surface area contributed by atoms with Crippen LogP contribution in [0.5, 0.6) is 0 Å². The average molecular weight is 329 g/mol. The Balaban J connectivity index is 1.94. The Hall–Kier alpha value is -0.770. The first kappa shape index (κ1) is 16.6. The van der Waals surface area contributed by atoms with Crippen molar-refractivity contribution in [1.82, 2.24) is 10.2 Å². The van der Waals surface area contributed by atoms with E-state index in [0.717, 1.165) is 31.6 Å². The summed E-state index contributed by atoms with van der Waals surface area (Å²) < 4.78 is 0. The van der Waals surface area contributed by atoms with Crippen LogP contribution in [0.25, 0.3) is 0 Å². The van der Waals surface area contributed by atoms with Crippen molar-refractivity contribution in [2.45, 2.75) is 19.8 Å². The molecule has 1 aromatic carbocycles. The van der Waals surface area contributed by atoms with Gasteiger partial charge in [0.15, 0.2) is 0 Å². The second-order valence-corrected chi connectivity index (χ2v) is 6.68. The van der Waals surface area contributed by atoms with Gasteiger partial charge >= 0.3 is 0 Å². The Bertz CT molecular complexity index is 507. The molecule has 0 bridgehead atoms. The van der Waals surface area contributed by atoms with Crippen molar-refractivity contribution in [2.24, 2.45) is 11.8 Å². The minimum absolute atomic E-state index is 0.0583. The van der Waals surface area contributed by atoms with Crippen LogP contribution < -0.4 is 5.32 Å². The third kappa shape index (κ3) is 4.35. The zero-order valence-corrected chi connectivity index (χ0v) is 14.0. The number of benzene rings is 1. The Morgan fingerprint density at radius 3 is 2.90 bits per heavy atom. The zero-order valence-electron chi connectivity index (χ0n) is 12.5. The molecule has 1 amide bonds. The van der Waals surface area contributed by atoms with Crippen LogP contribution in [0.1, 0.15) is 18.9 Å². The van der Waals surface area contributed by atoms with Crippen molar-refractivity contribution in [2.75, 3.05) is 26.7 Å². The Labute approximate surface area is 136 Å². The molecule has 0 spiro atoms. The lowest BCUT2D eigenvalue weighted by atomic mass is 10.00. The van der Waals surface area contributed by atoms with Gasteiger partial charge < -0.3 is 10.2 Å². The first-order chi connectivity index (χ1) is 10.0. The van der Waals surface area contributed by atoms with E-state index >= 15 is 0 Å². The van der Waals surface area contributed by atoms with Crippen molar-refractivity contribution in [3.63, 3.8) is 0 Å². The predicted molar refractivity (Wildman–Crippen MR) is 87.9 cm³/mol. The van der Waals surface area contributed by atoms with Crippen molar-refractivity contribution in [3.05, 3.63) is 33.8 Å². The molecule has 0 saturated carbocycles. The lowest BCUT2D eigenvalue weighted by Crippen LogP contribution is -2.35. The topological polar surface area (TPSA) is 32.3 Å². The van der Waals surface area contributed by atoms with Crippen LogP contribution in [-0.4, -0.2) is 37.5 Å². The van der Waals surface area contributed by atoms with Gasteiger partial charge in [-0.3, -0.25) is 4.79 Å². The summed E-state index contributed by atoms with van der Waals surface area (Å²) >= 11 is 12.1. The van der Waals surface area contributed by atoms with Gasteiger partial charge in [-0.15, -0.1) is 0 Å². The van der Waals surface area contributed by atoms with Gasteiger partial charge in [-0.05, 0) is 50.0 Å². The third-order valence-electron chi connectivity index (χ3n) is 4.05. The molecule has 1 saturated heterocycles. The van der Waals surface area contributed by atoms with Crippen LogP contribution in [0.15, 0.2) is 18.2 Å². The molecule has 2 rings (SSSR count). The van der Waals surface area contributed by atoms with E-state index in [2.05, 4.69) is 5.32 Å². The second kappa shape index (κ2) is 7.48. The summed E-state index contributed by atoms with van der Waals surface area (Å²) in [6.07, 6.45) is 1.74. The summed E-state index contributed by atoms with van der Waals surface area (Å²) in [5, 5.41) is 4.44. The average Bonchev–Trinajstić information content (AvgIpc) is 2.90. The van der Waals surface area contributed by atoms with Crippen molar-refractivity contribution >= 4 is 29.1 Å². The highest BCUT2D eigenvalue weighted by atomic mass is 35.5. The largest absolute Gasteiger partial charge is 0.342 e. The lowest BCUT2D eigenvalue weighted by Gasteiger charge is -2.21. The molecule has 1 aliphatic heterocycles. The molecule has 116 valence electrons. The highest BCUT2D eigenvalue weighted by Gasteiger charge is 2.28. The van der Waals surface area contributed by atoms with Crippen LogP contribution in [0.2, 0.25) is 10.0 Å². The van der Waals surface area contributed by atoms with Gasteiger partial charge in [-0.1, -0.05) is 36.2 Å². The molecule has 2 unspecified atom stereocenters. The number of carbonyl (C=O) groups is 1. The van der Waals surface area contributed by atoms with Gasteiger partial charge in [0, 0.05) is 29.1 Å². The number of nitrogens with one attached hydrogen (secondary N) is 1. The van der Waals surface area contributed by atoms with Gasteiger partial charge in [0.05, 0.1) is 0 Å². The summed E-state index contributed by atoms with van der Waals surface area (Å²) in [6, 6.07) is 5.45. The Morgan fingerprint density at radius 2 is 2.24 bits per heavy atom. The maximum atomic E-state index is 12.5. The molecule has 21 heavy (non-hydrogen) atoms. The van der Waals surface area contributed by atoms with Gasteiger partial charge in [-0.2, -0.15) is 0 Å². The zero-order chi connectivity index (χ0) is 15.4. The molecule has 1 aliphatic rings. The first-order valence-electron chi connectivity index (χ1n) is 7.38. The number of carbonyl (C=O) groups excluding carboxylic acids is 1. The Kier molecular flexibility index (Phi) is 5.91. The lowest BCUT2D eigenvalue weighted by molar-refractivity contribution is -0.134. The maximum Gasteiger partial charge on any atom is 0.225 e. The van der Waals surface area contributed by atoms with E-state index < -0.39 is 0 Å². The number of hydrogen-bond acceptors (Lipinski definition) is 2. The number of likely N-dealkylation sites (tertiary alicyclic amines) is 1. The molecular weight excluding hydrogens is 307 g/mol. The number of rotatable bonds is 5. The molecular formula is C16H22Cl2N2O. The van der Waals surface area contributed by atoms with Crippen LogP contribution >= 0.6 is 23.2 Å². The number of amides is 1. The van der Waals surface area contributed by atoms with E-state index in [1.165, 1.54) is 0 Å². The van der Waals surface area contributed by atoms with E-state index in [0.29, 0.717) is 22.4 Å². The van der Waals surface area contributed by atoms with E-state index in [-0.39, 0.29) is 11.8 Å². The standard InChI is InChI=1S/C16H22Cl2N2O/c1-11(7-13-3-4-14(17)8-15(13)18)16(21)20-6-5-12(10-20)9-19-2/h3-4,8,11-12,19H,5-7,9-10H2,1-2H3. The maximum absolute atomic E-state index is 12.5. The molecule has 1 fully saturated rings. The van der Waals surface area contributed by atoms with Crippen LogP contribution in [0.4, 0.5) is 0 Å². The number of nitrogens with zero attached hydrogens (tertiary/aromatic N) is 1. The molecule has 5 heteroatoms. The van der Waals surface area contributed by atoms with Gasteiger partial charge in [0.1, 0.15) is 0 Å². The summed E-state index contributed by atoms with van der Waals surface area (Å²) in [4.78, 5) is 14.5. The minimum Gasteiger partial charge on any atom is -0.342 e.